The molecule has 114 heavy (non-hydrogen) atoms. The highest BCUT2D eigenvalue weighted by atomic mass is 28.5. The summed E-state index contributed by atoms with van der Waals surface area (Å²) in [6.45, 7) is 30.4. The van der Waals surface area contributed by atoms with Gasteiger partial charge in [-0.25, -0.2) is 0 Å². The molecular formula is C83H120O23Si8. The minimum Gasteiger partial charge on any atom is -0.465 e. The Bertz CT molecular complexity index is 3950. The molecule has 9 atom stereocenters. The molecule has 23 nitrogen and oxygen atoms in total. The summed E-state index contributed by atoms with van der Waals surface area (Å²) >= 11 is 0. The molecule has 2 heterocycles. The lowest BCUT2D eigenvalue weighted by Crippen LogP contribution is -2.73. The molecule has 2 fully saturated rings. The molecular weight excluding hydrogens is 1590 g/mol. The van der Waals surface area contributed by atoms with Crippen LogP contribution >= 0.6 is 0 Å². The number of aliphatic hydroxyl groups is 2. The van der Waals surface area contributed by atoms with Gasteiger partial charge in [-0.05, 0) is 161 Å². The molecule has 0 bridgehead atoms. The number of carbonyl (C=O) groups excluding carboxylic acids is 6. The van der Waals surface area contributed by atoms with Crippen LogP contribution in [0.15, 0.2) is 207 Å². The van der Waals surface area contributed by atoms with E-state index in [-0.39, 0.29) is 43.5 Å². The van der Waals surface area contributed by atoms with Gasteiger partial charge in [0.25, 0.3) is 0 Å². The molecule has 6 aromatic carbocycles. The number of hydrogen-bond acceptors (Lipinski definition) is 23. The van der Waals surface area contributed by atoms with Crippen molar-refractivity contribution in [2.75, 3.05) is 61.2 Å². The zero-order valence-corrected chi connectivity index (χ0v) is 77.3. The molecule has 2 aliphatic rings. The highest BCUT2D eigenvalue weighted by molar-refractivity contribution is 7.02. The summed E-state index contributed by atoms with van der Waals surface area (Å²) in [4.78, 5) is 87.1. The van der Waals surface area contributed by atoms with Gasteiger partial charge in [0, 0.05) is 35.5 Å². The van der Waals surface area contributed by atoms with Crippen molar-refractivity contribution in [2.45, 2.75) is 143 Å². The minimum atomic E-state index is -3.69. The summed E-state index contributed by atoms with van der Waals surface area (Å²) in [6.07, 6.45) is 1.96. The first-order chi connectivity index (χ1) is 53.8. The van der Waals surface area contributed by atoms with Gasteiger partial charge in [-0.1, -0.05) is 207 Å². The normalized spacial score (nSPS) is 18.4. The third-order valence-corrected chi connectivity index (χ3v) is 49.9. The largest absolute Gasteiger partial charge is 0.465 e. The second-order valence-electron chi connectivity index (χ2n) is 31.2. The van der Waals surface area contributed by atoms with Gasteiger partial charge in [0.2, 0.25) is 0 Å². The highest BCUT2D eigenvalue weighted by Gasteiger charge is 2.56. The first-order valence-corrected chi connectivity index (χ1v) is 57.0. The van der Waals surface area contributed by atoms with Gasteiger partial charge in [0.1, 0.15) is 0 Å². The predicted octanol–water partition coefficient (Wildman–Crippen LogP) is 11.4. The van der Waals surface area contributed by atoms with Crippen LogP contribution < -0.4 is 20.7 Å². The van der Waals surface area contributed by atoms with Crippen LogP contribution in [0.2, 0.25) is 51.4 Å². The van der Waals surface area contributed by atoms with Crippen molar-refractivity contribution >= 4 is 125 Å². The lowest BCUT2D eigenvalue weighted by Gasteiger charge is -2.44. The summed E-state index contributed by atoms with van der Waals surface area (Å²) in [5, 5.41) is 23.9. The number of ether oxygens (including phenoxy) is 4. The molecule has 31 heteroatoms. The number of esters is 6. The lowest BCUT2D eigenvalue weighted by molar-refractivity contribution is -0.156. The molecule has 0 saturated carbocycles. The molecule has 0 aromatic heterocycles. The Hall–Kier alpha value is -6.76. The quantitative estimate of drug-likeness (QED) is 0.0105. The number of hydrogen-bond donors (Lipinski definition) is 3. The Morgan fingerprint density at radius 1 is 0.439 bits per heavy atom. The second kappa shape index (κ2) is 43.1. The van der Waals surface area contributed by atoms with Gasteiger partial charge in [-0.15, -0.1) is 13.2 Å². The summed E-state index contributed by atoms with van der Waals surface area (Å²) in [6, 6.07) is 58.7. The van der Waals surface area contributed by atoms with Crippen molar-refractivity contribution in [1.29, 1.82) is 0 Å². The van der Waals surface area contributed by atoms with Crippen LogP contribution in [0.4, 0.5) is 0 Å². The molecule has 0 radical (unpaired) electrons. The Labute approximate surface area is 682 Å². The van der Waals surface area contributed by atoms with Crippen LogP contribution in [0.1, 0.15) is 103 Å². The van der Waals surface area contributed by atoms with Crippen LogP contribution in [-0.4, -0.2) is 181 Å². The summed E-state index contributed by atoms with van der Waals surface area (Å²) in [5.74, 6) is -5.30. The SMILES string of the molecule is C=C[Si](C)(OC)O[Si](C)(C)O[Si](O)(c1ccccc1)c1ccccc1.C=C[Si](C)(OC)O[Si](C)(C)O[Si](O[Si](CO)(CCCOC(=O)C(C)(C)CC(CC1C(=O)OC(=O)C1C)c1ccccc1)OC)(c1ccccc1)c1ccccc1.CO[Si](CO)(CCCOC(=O)C(C)(C)CC(CC1C(=O)OC(=O)C1C)c1ccccc1)OC. The van der Waals surface area contributed by atoms with E-state index in [1.165, 1.54) is 21.3 Å². The lowest BCUT2D eigenvalue weighted by atomic mass is 9.75. The Morgan fingerprint density at radius 3 is 1.04 bits per heavy atom. The topological polar surface area (TPSA) is 292 Å². The minimum absolute atomic E-state index is 0.0623. The van der Waals surface area contributed by atoms with E-state index in [9.17, 15) is 43.8 Å². The van der Waals surface area contributed by atoms with Crippen LogP contribution in [0.3, 0.4) is 0 Å². The van der Waals surface area contributed by atoms with E-state index in [4.69, 9.17) is 61.7 Å². The fraction of sp³-hybridized carbons (Fsp3) is 0.446. The third kappa shape index (κ3) is 26.4. The average Bonchev–Trinajstić information content (AvgIpc) is 1.12. The monoisotopic (exact) mass is 1710 g/mol. The number of benzene rings is 6. The maximum atomic E-state index is 13.7. The highest BCUT2D eigenvalue weighted by Crippen LogP contribution is 2.43. The standard InChI is InChI=1S/C41H58O11Si4.C24H36O8Si.C18H26O4Si3/c1-10-54(9,46-5)50-53(7,8)51-56(35-23-16-12-17-24-35,36-25-18-13-19-26-36)52-55(31-42,47-6)28-20-27-48-40(45)41(3,4)30-34(33-21-14-11-15-22-33)29-37-32(2)38(43)49-39(37)44;1-17-20(22(27)32-21(17)26)14-19(18-10-7-6-8-11-18)15-24(2,3)23(28)31-12-9-13-33(16-25,29-4)30-5;1-6-24(5,20-2)21-23(3,4)22-25(19,17-13-9-7-10-14-17)18-15-11-8-12-16-18/h10-19,21-26,32,34,37,42H,1,20,27-31H2,2-9H3;6-8,10-11,17,19-20,25H,9,12-16H2,1-5H3;6-16,19H,1H2,2-5H3. The zero-order valence-electron chi connectivity index (χ0n) is 69.3. The van der Waals surface area contributed by atoms with E-state index >= 15 is 0 Å². The van der Waals surface area contributed by atoms with E-state index in [1.807, 2.05) is 249 Å². The first-order valence-electron chi connectivity index (χ1n) is 38.5. The van der Waals surface area contributed by atoms with Crippen molar-refractivity contribution < 1.29 is 105 Å². The Kier molecular flexibility index (Phi) is 36.3. The van der Waals surface area contributed by atoms with Crippen molar-refractivity contribution in [3.63, 3.8) is 0 Å². The molecule has 0 aliphatic carbocycles. The fourth-order valence-corrected chi connectivity index (χ4v) is 42.7. The number of cyclic esters (lactones) is 4. The van der Waals surface area contributed by atoms with Crippen LogP contribution in [0, 0.1) is 34.5 Å². The zero-order chi connectivity index (χ0) is 84.4. The predicted molar refractivity (Wildman–Crippen MR) is 455 cm³/mol. The van der Waals surface area contributed by atoms with E-state index in [1.54, 1.807) is 39.5 Å². The first kappa shape index (κ1) is 96.1. The molecule has 9 unspecified atom stereocenters. The fourth-order valence-electron chi connectivity index (χ4n) is 13.9. The molecule has 8 rings (SSSR count). The van der Waals surface area contributed by atoms with E-state index in [2.05, 4.69) is 13.2 Å². The van der Waals surface area contributed by atoms with Gasteiger partial charge < -0.3 is 76.7 Å². The van der Waals surface area contributed by atoms with E-state index < -0.39 is 133 Å². The van der Waals surface area contributed by atoms with Crippen molar-refractivity contribution in [3.05, 3.63) is 218 Å². The maximum absolute atomic E-state index is 13.7. The smallest absolute Gasteiger partial charge is 0.395 e. The van der Waals surface area contributed by atoms with Gasteiger partial charge in [-0.3, -0.25) is 28.8 Å². The second-order valence-corrected chi connectivity index (χ2v) is 58.0. The number of aliphatic hydroxyl groups excluding tert-OH is 2. The molecule has 3 N–H and O–H groups in total. The molecule has 6 aromatic rings. The van der Waals surface area contributed by atoms with Gasteiger partial charge in [-0.2, -0.15) is 0 Å². The Balaban J connectivity index is 0.000000294. The third-order valence-electron chi connectivity index (χ3n) is 20.9. The number of rotatable bonds is 43. The summed E-state index contributed by atoms with van der Waals surface area (Å²) in [7, 11) is -16.5. The molecule has 622 valence electrons. The molecule has 2 saturated heterocycles. The van der Waals surface area contributed by atoms with E-state index in [0.29, 0.717) is 50.6 Å². The van der Waals surface area contributed by atoms with Crippen LogP contribution in [0.5, 0.6) is 0 Å². The maximum Gasteiger partial charge on any atom is 0.395 e. The van der Waals surface area contributed by atoms with Crippen molar-refractivity contribution in [2.24, 2.45) is 34.5 Å². The molecule has 2 aliphatic heterocycles. The van der Waals surface area contributed by atoms with Crippen molar-refractivity contribution in [1.82, 2.24) is 0 Å². The van der Waals surface area contributed by atoms with E-state index in [0.717, 1.165) is 31.9 Å². The summed E-state index contributed by atoms with van der Waals surface area (Å²) in [5.41, 5.74) is 3.67. The van der Waals surface area contributed by atoms with Crippen molar-refractivity contribution in [3.8, 4) is 0 Å². The summed E-state index contributed by atoms with van der Waals surface area (Å²) < 4.78 is 83.2. The average molecular weight is 1710 g/mol. The van der Waals surface area contributed by atoms with Gasteiger partial charge >= 0.3 is 104 Å². The van der Waals surface area contributed by atoms with Crippen LogP contribution in [0.25, 0.3) is 0 Å². The molecule has 0 amide bonds. The van der Waals surface area contributed by atoms with Gasteiger partial charge in [0.15, 0.2) is 0 Å². The van der Waals surface area contributed by atoms with Gasteiger partial charge in [0.05, 0.1) is 60.2 Å². The Morgan fingerprint density at radius 2 is 0.746 bits per heavy atom. The number of carbonyl (C=O) groups is 6. The molecule has 0 spiro atoms. The van der Waals surface area contributed by atoms with Crippen LogP contribution in [-0.2, 0) is 90.4 Å².